The molecule has 1 saturated heterocycles. The number of aryl methyl sites for hydroxylation is 1. The molecular formula is C27H33ClN4O. The van der Waals surface area contributed by atoms with Gasteiger partial charge in [0.2, 0.25) is 0 Å². The largest absolute Gasteiger partial charge is 0.286 e. The van der Waals surface area contributed by atoms with Gasteiger partial charge in [0.1, 0.15) is 0 Å². The zero-order chi connectivity index (χ0) is 23.2. The van der Waals surface area contributed by atoms with E-state index in [2.05, 4.69) is 36.6 Å². The Morgan fingerprint density at radius 2 is 1.70 bits per heavy atom. The molecule has 1 aromatic heterocycles. The summed E-state index contributed by atoms with van der Waals surface area (Å²) in [4.78, 5) is 13.2. The van der Waals surface area contributed by atoms with E-state index >= 15 is 0 Å². The summed E-state index contributed by atoms with van der Waals surface area (Å²) >= 11 is 6.14. The summed E-state index contributed by atoms with van der Waals surface area (Å²) in [5, 5.41) is 7.49. The van der Waals surface area contributed by atoms with Crippen molar-refractivity contribution in [2.45, 2.75) is 58.8 Å². The summed E-state index contributed by atoms with van der Waals surface area (Å²) in [5.74, 6) is -0.153. The number of amides is 1. The number of rotatable bonds is 8. The molecule has 33 heavy (non-hydrogen) atoms. The van der Waals surface area contributed by atoms with Crippen molar-refractivity contribution < 1.29 is 4.79 Å². The maximum Gasteiger partial charge on any atom is 0.286 e. The number of unbranched alkanes of at least 4 members (excludes halogenated alkanes) is 2. The number of carbonyl (C=O) groups is 1. The lowest BCUT2D eigenvalue weighted by Crippen LogP contribution is -2.45. The summed E-state index contributed by atoms with van der Waals surface area (Å²) in [5.41, 5.74) is 8.54. The van der Waals surface area contributed by atoms with Crippen LogP contribution in [0.3, 0.4) is 0 Å². The van der Waals surface area contributed by atoms with Crippen LogP contribution in [0.4, 0.5) is 0 Å². The molecular weight excluding hydrogens is 432 g/mol. The van der Waals surface area contributed by atoms with Crippen molar-refractivity contribution in [1.82, 2.24) is 20.2 Å². The normalized spacial score (nSPS) is 14.4. The minimum Gasteiger partial charge on any atom is -0.283 e. The van der Waals surface area contributed by atoms with Crippen LogP contribution in [0.1, 0.15) is 67.1 Å². The lowest BCUT2D eigenvalue weighted by molar-refractivity contribution is 0.0743. The summed E-state index contributed by atoms with van der Waals surface area (Å²) in [6.07, 6.45) is 8.18. The quantitative estimate of drug-likeness (QED) is 0.394. The van der Waals surface area contributed by atoms with E-state index in [1.54, 1.807) is 0 Å². The van der Waals surface area contributed by atoms with E-state index in [4.69, 9.17) is 16.7 Å². The summed E-state index contributed by atoms with van der Waals surface area (Å²) in [6.45, 7) is 5.96. The number of halogens is 1. The Balaban J connectivity index is 1.68. The average Bonchev–Trinajstić information content (AvgIpc) is 3.18. The second kappa shape index (κ2) is 11.0. The van der Waals surface area contributed by atoms with Crippen LogP contribution in [0.2, 0.25) is 5.02 Å². The second-order valence-electron chi connectivity index (χ2n) is 8.85. The van der Waals surface area contributed by atoms with Crippen LogP contribution in [0.15, 0.2) is 48.5 Å². The first-order valence-corrected chi connectivity index (χ1v) is 12.5. The summed E-state index contributed by atoms with van der Waals surface area (Å²) < 4.78 is 1.89. The van der Waals surface area contributed by atoms with Gasteiger partial charge < -0.3 is 0 Å². The standard InChI is InChI=1S/C27H33ClN4O/c1-3-4-6-9-21-10-16-24(17-11-21)32-26(22-12-14-23(28)15-13-22)20(2)25(29-32)27(33)30-31-18-7-5-8-19-31/h10-17H,3-9,18-19H2,1-2H3,(H,30,33). The molecule has 2 aromatic carbocycles. The van der Waals surface area contributed by atoms with Gasteiger partial charge >= 0.3 is 0 Å². The highest BCUT2D eigenvalue weighted by Crippen LogP contribution is 2.30. The molecule has 1 fully saturated rings. The molecule has 174 valence electrons. The minimum absolute atomic E-state index is 0.153. The Labute approximate surface area is 201 Å². The van der Waals surface area contributed by atoms with Crippen LogP contribution in [0.5, 0.6) is 0 Å². The topological polar surface area (TPSA) is 50.2 Å². The van der Waals surface area contributed by atoms with Gasteiger partial charge in [0.15, 0.2) is 5.69 Å². The predicted molar refractivity (Wildman–Crippen MR) is 135 cm³/mol. The zero-order valence-corrected chi connectivity index (χ0v) is 20.4. The molecule has 4 rings (SSSR count). The molecule has 1 amide bonds. The van der Waals surface area contributed by atoms with Crippen LogP contribution in [0, 0.1) is 6.92 Å². The molecule has 0 bridgehead atoms. The Kier molecular flexibility index (Phi) is 7.84. The van der Waals surface area contributed by atoms with Gasteiger partial charge in [0, 0.05) is 29.2 Å². The fourth-order valence-electron chi connectivity index (χ4n) is 4.43. The van der Waals surface area contributed by atoms with Crippen LogP contribution in [0.25, 0.3) is 16.9 Å². The predicted octanol–water partition coefficient (Wildman–Crippen LogP) is 6.36. The van der Waals surface area contributed by atoms with Crippen LogP contribution < -0.4 is 5.43 Å². The van der Waals surface area contributed by atoms with Crippen molar-refractivity contribution in [2.75, 3.05) is 13.1 Å². The fraction of sp³-hybridized carbons (Fsp3) is 0.407. The number of aromatic nitrogens is 2. The molecule has 3 aromatic rings. The Morgan fingerprint density at radius 3 is 2.36 bits per heavy atom. The maximum atomic E-state index is 13.2. The van der Waals surface area contributed by atoms with Crippen molar-refractivity contribution in [1.29, 1.82) is 0 Å². The van der Waals surface area contributed by atoms with E-state index in [1.807, 2.05) is 40.9 Å². The first-order valence-electron chi connectivity index (χ1n) is 12.1. The number of benzene rings is 2. The maximum absolute atomic E-state index is 13.2. The Hall–Kier alpha value is -2.63. The van der Waals surface area contributed by atoms with Gasteiger partial charge in [-0.1, -0.05) is 62.1 Å². The van der Waals surface area contributed by atoms with E-state index in [0.29, 0.717) is 10.7 Å². The third-order valence-corrected chi connectivity index (χ3v) is 6.57. The van der Waals surface area contributed by atoms with Crippen LogP contribution in [-0.4, -0.2) is 33.8 Å². The van der Waals surface area contributed by atoms with Gasteiger partial charge in [0.25, 0.3) is 5.91 Å². The van der Waals surface area contributed by atoms with Gasteiger partial charge in [-0.25, -0.2) is 9.69 Å². The Morgan fingerprint density at radius 1 is 1.00 bits per heavy atom. The fourth-order valence-corrected chi connectivity index (χ4v) is 4.56. The summed E-state index contributed by atoms with van der Waals surface area (Å²) in [6, 6.07) is 16.2. The molecule has 0 unspecified atom stereocenters. The summed E-state index contributed by atoms with van der Waals surface area (Å²) in [7, 11) is 0. The number of hydrogen-bond donors (Lipinski definition) is 1. The van der Waals surface area contributed by atoms with Crippen molar-refractivity contribution in [3.63, 3.8) is 0 Å². The number of piperidine rings is 1. The first kappa shape index (κ1) is 23.5. The third kappa shape index (κ3) is 5.66. The molecule has 6 heteroatoms. The van der Waals surface area contributed by atoms with Crippen LogP contribution in [-0.2, 0) is 6.42 Å². The van der Waals surface area contributed by atoms with Gasteiger partial charge in [-0.2, -0.15) is 5.10 Å². The molecule has 5 nitrogen and oxygen atoms in total. The van der Waals surface area contributed by atoms with E-state index in [1.165, 1.54) is 31.2 Å². The molecule has 1 aliphatic heterocycles. The highest BCUT2D eigenvalue weighted by Gasteiger charge is 2.24. The highest BCUT2D eigenvalue weighted by atomic mass is 35.5. The number of nitrogens with one attached hydrogen (secondary N) is 1. The number of hydrogen-bond acceptors (Lipinski definition) is 3. The monoisotopic (exact) mass is 464 g/mol. The number of carbonyl (C=O) groups excluding carboxylic acids is 1. The molecule has 0 aliphatic carbocycles. The van der Waals surface area contributed by atoms with E-state index < -0.39 is 0 Å². The first-order chi connectivity index (χ1) is 16.1. The van der Waals surface area contributed by atoms with Gasteiger partial charge in [-0.3, -0.25) is 10.2 Å². The lowest BCUT2D eigenvalue weighted by Gasteiger charge is -2.26. The van der Waals surface area contributed by atoms with Gasteiger partial charge in [-0.15, -0.1) is 0 Å². The van der Waals surface area contributed by atoms with E-state index in [-0.39, 0.29) is 5.91 Å². The van der Waals surface area contributed by atoms with E-state index in [9.17, 15) is 4.79 Å². The van der Waals surface area contributed by atoms with Crippen LogP contribution >= 0.6 is 11.6 Å². The lowest BCUT2D eigenvalue weighted by atomic mass is 10.1. The highest BCUT2D eigenvalue weighted by molar-refractivity contribution is 6.30. The molecule has 2 heterocycles. The second-order valence-corrected chi connectivity index (χ2v) is 9.29. The smallest absolute Gasteiger partial charge is 0.283 e. The molecule has 0 radical (unpaired) electrons. The van der Waals surface area contributed by atoms with Crippen molar-refractivity contribution in [3.8, 4) is 16.9 Å². The number of hydrazine groups is 1. The van der Waals surface area contributed by atoms with E-state index in [0.717, 1.165) is 54.9 Å². The molecule has 0 saturated carbocycles. The van der Waals surface area contributed by atoms with Crippen molar-refractivity contribution in [3.05, 3.63) is 70.4 Å². The number of nitrogens with zero attached hydrogens (tertiary/aromatic N) is 3. The molecule has 1 aliphatic rings. The minimum atomic E-state index is -0.153. The van der Waals surface area contributed by atoms with Crippen molar-refractivity contribution >= 4 is 17.5 Å². The molecule has 0 atom stereocenters. The zero-order valence-electron chi connectivity index (χ0n) is 19.6. The average molecular weight is 465 g/mol. The third-order valence-electron chi connectivity index (χ3n) is 6.32. The molecule has 1 N–H and O–H groups in total. The Bertz CT molecular complexity index is 1070. The SMILES string of the molecule is CCCCCc1ccc(-n2nc(C(=O)NN3CCCCC3)c(C)c2-c2ccc(Cl)cc2)cc1. The van der Waals surface area contributed by atoms with Gasteiger partial charge in [-0.05, 0) is 62.4 Å². The van der Waals surface area contributed by atoms with Gasteiger partial charge in [0.05, 0.1) is 11.4 Å². The molecule has 0 spiro atoms. The van der Waals surface area contributed by atoms with Crippen molar-refractivity contribution in [2.24, 2.45) is 0 Å².